The summed E-state index contributed by atoms with van der Waals surface area (Å²) in [6, 6.07) is 8.61. The molecular formula is C15H14FN3O2S. The molecular weight excluding hydrogens is 305 g/mol. The minimum atomic E-state index is -3.77. The third kappa shape index (κ3) is 2.67. The summed E-state index contributed by atoms with van der Waals surface area (Å²) in [7, 11) is -3.77. The quantitative estimate of drug-likeness (QED) is 0.779. The number of aromatic nitrogens is 2. The van der Waals surface area contributed by atoms with E-state index in [0.29, 0.717) is 11.3 Å². The molecule has 0 spiro atoms. The van der Waals surface area contributed by atoms with Crippen LogP contribution in [0.2, 0.25) is 0 Å². The highest BCUT2D eigenvalue weighted by Crippen LogP contribution is 2.22. The van der Waals surface area contributed by atoms with E-state index in [9.17, 15) is 12.8 Å². The van der Waals surface area contributed by atoms with Gasteiger partial charge in [0.25, 0.3) is 10.0 Å². The first-order valence-corrected chi connectivity index (χ1v) is 8.09. The van der Waals surface area contributed by atoms with Crippen LogP contribution in [-0.4, -0.2) is 18.4 Å². The maximum atomic E-state index is 13.1. The summed E-state index contributed by atoms with van der Waals surface area (Å²) in [5, 5.41) is 0. The van der Waals surface area contributed by atoms with Crippen LogP contribution in [0, 0.1) is 19.7 Å². The standard InChI is InChI=1S/C15H14FN3O2S/c1-9-7-11(16)3-6-15(9)22(20,21)19-12-4-5-13-14(8-12)18-10(2)17-13/h3-8,19H,1-2H3,(H,17,18). The lowest BCUT2D eigenvalue weighted by atomic mass is 10.2. The summed E-state index contributed by atoms with van der Waals surface area (Å²) in [5.41, 5.74) is 2.28. The molecule has 0 bridgehead atoms. The fourth-order valence-electron chi connectivity index (χ4n) is 2.33. The summed E-state index contributed by atoms with van der Waals surface area (Å²) < 4.78 is 40.4. The molecule has 1 heterocycles. The van der Waals surface area contributed by atoms with Crippen LogP contribution in [-0.2, 0) is 10.0 Å². The van der Waals surface area contributed by atoms with Gasteiger partial charge in [-0.25, -0.2) is 17.8 Å². The van der Waals surface area contributed by atoms with Crippen LogP contribution in [0.5, 0.6) is 0 Å². The van der Waals surface area contributed by atoms with Crippen LogP contribution in [0.15, 0.2) is 41.3 Å². The first kappa shape index (κ1) is 14.5. The number of nitrogens with zero attached hydrogens (tertiary/aromatic N) is 1. The molecule has 2 N–H and O–H groups in total. The smallest absolute Gasteiger partial charge is 0.262 e. The number of rotatable bonds is 3. The number of anilines is 1. The third-order valence-electron chi connectivity index (χ3n) is 3.28. The van der Waals surface area contributed by atoms with Crippen LogP contribution < -0.4 is 4.72 Å². The second kappa shape index (κ2) is 5.10. The molecule has 0 aliphatic rings. The van der Waals surface area contributed by atoms with Gasteiger partial charge in [0.1, 0.15) is 11.6 Å². The van der Waals surface area contributed by atoms with Gasteiger partial charge in [0.15, 0.2) is 0 Å². The van der Waals surface area contributed by atoms with Crippen molar-refractivity contribution in [3.05, 3.63) is 53.6 Å². The molecule has 0 aliphatic heterocycles. The third-order valence-corrected chi connectivity index (χ3v) is 4.82. The van der Waals surface area contributed by atoms with E-state index in [1.807, 2.05) is 6.92 Å². The molecule has 1 aromatic heterocycles. The van der Waals surface area contributed by atoms with E-state index in [0.717, 1.165) is 22.9 Å². The van der Waals surface area contributed by atoms with E-state index in [4.69, 9.17) is 0 Å². The minimum Gasteiger partial charge on any atom is -0.342 e. The molecule has 0 atom stereocenters. The van der Waals surface area contributed by atoms with Crippen molar-refractivity contribution in [3.8, 4) is 0 Å². The molecule has 0 amide bonds. The van der Waals surface area contributed by atoms with Gasteiger partial charge in [-0.3, -0.25) is 4.72 Å². The number of sulfonamides is 1. The van der Waals surface area contributed by atoms with Crippen molar-refractivity contribution in [2.45, 2.75) is 18.7 Å². The normalized spacial score (nSPS) is 11.8. The number of aryl methyl sites for hydroxylation is 2. The summed E-state index contributed by atoms with van der Waals surface area (Å²) in [6.07, 6.45) is 0. The van der Waals surface area contributed by atoms with Gasteiger partial charge in [-0.1, -0.05) is 0 Å². The summed E-state index contributed by atoms with van der Waals surface area (Å²) >= 11 is 0. The first-order valence-electron chi connectivity index (χ1n) is 6.60. The molecule has 0 saturated heterocycles. The zero-order valence-electron chi connectivity index (χ0n) is 12.0. The van der Waals surface area contributed by atoms with Crippen molar-refractivity contribution in [1.29, 1.82) is 0 Å². The highest BCUT2D eigenvalue weighted by atomic mass is 32.2. The second-order valence-corrected chi connectivity index (χ2v) is 6.72. The van der Waals surface area contributed by atoms with E-state index in [2.05, 4.69) is 14.7 Å². The number of H-pyrrole nitrogens is 1. The molecule has 0 aliphatic carbocycles. The molecule has 114 valence electrons. The Labute approximate surface area is 127 Å². The topological polar surface area (TPSA) is 74.8 Å². The van der Waals surface area contributed by atoms with Crippen molar-refractivity contribution in [2.75, 3.05) is 4.72 Å². The zero-order chi connectivity index (χ0) is 15.9. The molecule has 22 heavy (non-hydrogen) atoms. The molecule has 5 nitrogen and oxygen atoms in total. The van der Waals surface area contributed by atoms with Crippen LogP contribution in [0.25, 0.3) is 11.0 Å². The van der Waals surface area contributed by atoms with E-state index in [1.165, 1.54) is 12.1 Å². The van der Waals surface area contributed by atoms with Crippen molar-refractivity contribution in [2.24, 2.45) is 0 Å². The summed E-state index contributed by atoms with van der Waals surface area (Å²) in [6.45, 7) is 3.38. The number of imidazole rings is 1. The lowest BCUT2D eigenvalue weighted by Crippen LogP contribution is -2.14. The van der Waals surface area contributed by atoms with Crippen LogP contribution in [0.4, 0.5) is 10.1 Å². The largest absolute Gasteiger partial charge is 0.342 e. The molecule has 7 heteroatoms. The Morgan fingerprint density at radius 3 is 2.64 bits per heavy atom. The Morgan fingerprint density at radius 1 is 1.14 bits per heavy atom. The van der Waals surface area contributed by atoms with Gasteiger partial charge in [0, 0.05) is 0 Å². The highest BCUT2D eigenvalue weighted by molar-refractivity contribution is 7.92. The second-order valence-electron chi connectivity index (χ2n) is 5.07. The van der Waals surface area contributed by atoms with Gasteiger partial charge < -0.3 is 4.98 Å². The molecule has 0 fully saturated rings. The molecule has 0 radical (unpaired) electrons. The number of halogens is 1. The van der Waals surface area contributed by atoms with Gasteiger partial charge in [-0.05, 0) is 55.8 Å². The number of benzene rings is 2. The average molecular weight is 319 g/mol. The average Bonchev–Trinajstić information content (AvgIpc) is 2.77. The van der Waals surface area contributed by atoms with Crippen molar-refractivity contribution in [1.82, 2.24) is 9.97 Å². The van der Waals surface area contributed by atoms with E-state index < -0.39 is 15.8 Å². The maximum absolute atomic E-state index is 13.1. The fraction of sp³-hybridized carbons (Fsp3) is 0.133. The van der Waals surface area contributed by atoms with E-state index in [-0.39, 0.29) is 4.90 Å². The molecule has 3 aromatic rings. The Balaban J connectivity index is 1.98. The number of fused-ring (bicyclic) bond motifs is 1. The monoisotopic (exact) mass is 319 g/mol. The SMILES string of the molecule is Cc1nc2ccc(NS(=O)(=O)c3ccc(F)cc3C)cc2[nH]1. The summed E-state index contributed by atoms with van der Waals surface area (Å²) in [5.74, 6) is 0.287. The van der Waals surface area contributed by atoms with Crippen LogP contribution in [0.3, 0.4) is 0 Å². The number of hydrogen-bond acceptors (Lipinski definition) is 3. The Kier molecular flexibility index (Phi) is 3.37. The fourth-order valence-corrected chi connectivity index (χ4v) is 3.60. The van der Waals surface area contributed by atoms with Gasteiger partial charge in [0.05, 0.1) is 21.6 Å². The number of hydrogen-bond donors (Lipinski definition) is 2. The van der Waals surface area contributed by atoms with Crippen molar-refractivity contribution in [3.63, 3.8) is 0 Å². The molecule has 0 unspecified atom stereocenters. The maximum Gasteiger partial charge on any atom is 0.262 e. The highest BCUT2D eigenvalue weighted by Gasteiger charge is 2.17. The van der Waals surface area contributed by atoms with Crippen molar-refractivity contribution < 1.29 is 12.8 Å². The van der Waals surface area contributed by atoms with E-state index >= 15 is 0 Å². The van der Waals surface area contributed by atoms with Gasteiger partial charge >= 0.3 is 0 Å². The lowest BCUT2D eigenvalue weighted by molar-refractivity contribution is 0.598. The van der Waals surface area contributed by atoms with Crippen molar-refractivity contribution >= 4 is 26.7 Å². The molecule has 3 rings (SSSR count). The predicted octanol–water partition coefficient (Wildman–Crippen LogP) is 3.12. The van der Waals surface area contributed by atoms with E-state index in [1.54, 1.807) is 25.1 Å². The minimum absolute atomic E-state index is 0.0507. The molecule has 2 aromatic carbocycles. The summed E-state index contributed by atoms with van der Waals surface area (Å²) in [4.78, 5) is 7.36. The predicted molar refractivity (Wildman–Crippen MR) is 82.8 cm³/mol. The van der Waals surface area contributed by atoms with Gasteiger partial charge in [0.2, 0.25) is 0 Å². The van der Waals surface area contributed by atoms with Crippen LogP contribution >= 0.6 is 0 Å². The number of nitrogens with one attached hydrogen (secondary N) is 2. The zero-order valence-corrected chi connectivity index (χ0v) is 12.8. The van der Waals surface area contributed by atoms with Gasteiger partial charge in [-0.15, -0.1) is 0 Å². The van der Waals surface area contributed by atoms with Gasteiger partial charge in [-0.2, -0.15) is 0 Å². The Morgan fingerprint density at radius 2 is 1.91 bits per heavy atom. The van der Waals surface area contributed by atoms with Crippen LogP contribution in [0.1, 0.15) is 11.4 Å². The first-order chi connectivity index (χ1) is 10.3. The Bertz CT molecular complexity index is 964. The number of aromatic amines is 1. The lowest BCUT2D eigenvalue weighted by Gasteiger charge is -2.10. The molecule has 0 saturated carbocycles. The Hall–Kier alpha value is -2.41.